The molecule has 0 unspecified atom stereocenters. The molecule has 2 rings (SSSR count). The summed E-state index contributed by atoms with van der Waals surface area (Å²) >= 11 is 4.48. The van der Waals surface area contributed by atoms with Crippen LogP contribution in [0.2, 0.25) is 0 Å². The number of anilines is 2. The van der Waals surface area contributed by atoms with Crippen molar-refractivity contribution >= 4 is 49.8 Å². The molecule has 0 aliphatic heterocycles. The number of hydrogen-bond donors (Lipinski definition) is 2. The lowest BCUT2D eigenvalue weighted by Crippen LogP contribution is -2.19. The van der Waals surface area contributed by atoms with E-state index in [0.717, 1.165) is 3.79 Å². The molecule has 0 aliphatic carbocycles. The van der Waals surface area contributed by atoms with Crippen molar-refractivity contribution in [1.29, 1.82) is 0 Å². The maximum absolute atomic E-state index is 11.6. The van der Waals surface area contributed by atoms with E-state index in [-0.39, 0.29) is 5.69 Å². The van der Waals surface area contributed by atoms with E-state index in [1.807, 2.05) is 0 Å². The zero-order valence-corrected chi connectivity index (χ0v) is 11.7. The lowest BCUT2D eigenvalue weighted by molar-refractivity contribution is -0.384. The highest BCUT2D eigenvalue weighted by molar-refractivity contribution is 9.11. The number of nitro groups is 1. The van der Waals surface area contributed by atoms with Gasteiger partial charge in [-0.1, -0.05) is 17.4 Å². The number of benzene rings is 1. The highest BCUT2D eigenvalue weighted by Crippen LogP contribution is 2.23. The van der Waals surface area contributed by atoms with Crippen LogP contribution in [0, 0.1) is 10.1 Å². The fourth-order valence-corrected chi connectivity index (χ4v) is 2.37. The van der Waals surface area contributed by atoms with E-state index in [0.29, 0.717) is 10.8 Å². The predicted molar refractivity (Wildman–Crippen MR) is 75.6 cm³/mol. The van der Waals surface area contributed by atoms with Gasteiger partial charge in [-0.3, -0.25) is 15.4 Å². The van der Waals surface area contributed by atoms with Gasteiger partial charge in [0, 0.05) is 17.8 Å². The van der Waals surface area contributed by atoms with Crippen LogP contribution in [0.5, 0.6) is 0 Å². The third kappa shape index (κ3) is 3.73. The Hall–Kier alpha value is -2.00. The van der Waals surface area contributed by atoms with Gasteiger partial charge in [0.2, 0.25) is 0 Å². The summed E-state index contributed by atoms with van der Waals surface area (Å²) in [5.74, 6) is 0. The molecule has 0 atom stereocenters. The molecule has 0 spiro atoms. The van der Waals surface area contributed by atoms with Gasteiger partial charge in [0.1, 0.15) is 0 Å². The standard InChI is InChI=1S/C10H7BrN4O3S/c11-8-5-12-10(19-8)14-9(16)13-6-2-1-3-7(4-6)15(17)18/h1-5H,(H2,12,13,14,16). The number of thiazole rings is 1. The number of non-ortho nitro benzene ring substituents is 1. The molecule has 0 saturated heterocycles. The Kier molecular flexibility index (Phi) is 4.07. The van der Waals surface area contributed by atoms with E-state index in [1.165, 1.54) is 29.5 Å². The van der Waals surface area contributed by atoms with Crippen molar-refractivity contribution in [1.82, 2.24) is 4.98 Å². The minimum absolute atomic E-state index is 0.0882. The number of amides is 2. The molecular weight excluding hydrogens is 336 g/mol. The summed E-state index contributed by atoms with van der Waals surface area (Å²) in [6.07, 6.45) is 1.56. The molecule has 0 fully saturated rings. The molecule has 2 N–H and O–H groups in total. The Balaban J connectivity index is 2.02. The van der Waals surface area contributed by atoms with Gasteiger partial charge in [-0.25, -0.2) is 9.78 Å². The molecule has 0 saturated carbocycles. The molecule has 9 heteroatoms. The van der Waals surface area contributed by atoms with Gasteiger partial charge in [-0.05, 0) is 22.0 Å². The molecule has 2 amide bonds. The third-order valence-corrected chi connectivity index (χ3v) is 3.40. The average Bonchev–Trinajstić information content (AvgIpc) is 2.74. The highest BCUT2D eigenvalue weighted by Gasteiger charge is 2.09. The van der Waals surface area contributed by atoms with Gasteiger partial charge in [-0.15, -0.1) is 0 Å². The van der Waals surface area contributed by atoms with Crippen molar-refractivity contribution in [2.45, 2.75) is 0 Å². The summed E-state index contributed by atoms with van der Waals surface area (Å²) in [6.45, 7) is 0. The molecule has 0 aliphatic rings. The second-order valence-electron chi connectivity index (χ2n) is 3.36. The van der Waals surface area contributed by atoms with Crippen molar-refractivity contribution in [2.24, 2.45) is 0 Å². The molecule has 2 aromatic rings. The second-order valence-corrected chi connectivity index (χ2v) is 5.77. The van der Waals surface area contributed by atoms with Crippen molar-refractivity contribution in [3.05, 3.63) is 44.4 Å². The number of nitrogens with zero attached hydrogens (tertiary/aromatic N) is 2. The first-order valence-corrected chi connectivity index (χ1v) is 6.59. The van der Waals surface area contributed by atoms with Crippen molar-refractivity contribution in [3.8, 4) is 0 Å². The lowest BCUT2D eigenvalue weighted by atomic mass is 10.3. The Bertz CT molecular complexity index is 631. The first-order chi connectivity index (χ1) is 9.04. The number of hydrogen-bond acceptors (Lipinski definition) is 5. The number of urea groups is 1. The minimum atomic E-state index is -0.527. The van der Waals surface area contributed by atoms with E-state index >= 15 is 0 Å². The number of aromatic nitrogens is 1. The number of rotatable bonds is 3. The molecule has 7 nitrogen and oxygen atoms in total. The van der Waals surface area contributed by atoms with Crippen LogP contribution in [-0.2, 0) is 0 Å². The molecule has 1 aromatic heterocycles. The second kappa shape index (κ2) is 5.76. The first-order valence-electron chi connectivity index (χ1n) is 4.98. The zero-order valence-electron chi connectivity index (χ0n) is 9.29. The molecular formula is C10H7BrN4O3S. The summed E-state index contributed by atoms with van der Waals surface area (Å²) in [5, 5.41) is 16.0. The van der Waals surface area contributed by atoms with E-state index in [1.54, 1.807) is 12.3 Å². The summed E-state index contributed by atoms with van der Waals surface area (Å²) in [5.41, 5.74) is 0.247. The van der Waals surface area contributed by atoms with E-state index in [2.05, 4.69) is 31.5 Å². The van der Waals surface area contributed by atoms with Crippen LogP contribution in [0.4, 0.5) is 21.3 Å². The molecule has 19 heavy (non-hydrogen) atoms. The Morgan fingerprint density at radius 2 is 2.21 bits per heavy atom. The van der Waals surface area contributed by atoms with Crippen LogP contribution >= 0.6 is 27.3 Å². The van der Waals surface area contributed by atoms with Gasteiger partial charge in [0.15, 0.2) is 5.13 Å². The van der Waals surface area contributed by atoms with Crippen molar-refractivity contribution in [3.63, 3.8) is 0 Å². The minimum Gasteiger partial charge on any atom is -0.307 e. The molecule has 98 valence electrons. The van der Waals surface area contributed by atoms with Crippen molar-refractivity contribution in [2.75, 3.05) is 10.6 Å². The van der Waals surface area contributed by atoms with Gasteiger partial charge in [-0.2, -0.15) is 0 Å². The highest BCUT2D eigenvalue weighted by atomic mass is 79.9. The molecule has 1 heterocycles. The summed E-state index contributed by atoms with van der Waals surface area (Å²) < 4.78 is 0.790. The SMILES string of the molecule is O=C(Nc1cccc([N+](=O)[O-])c1)Nc1ncc(Br)s1. The average molecular weight is 343 g/mol. The summed E-state index contributed by atoms with van der Waals surface area (Å²) in [4.78, 5) is 25.6. The van der Waals surface area contributed by atoms with E-state index in [4.69, 9.17) is 0 Å². The van der Waals surface area contributed by atoms with Gasteiger partial charge < -0.3 is 5.32 Å². The van der Waals surface area contributed by atoms with Crippen LogP contribution in [0.3, 0.4) is 0 Å². The monoisotopic (exact) mass is 342 g/mol. The van der Waals surface area contributed by atoms with Gasteiger partial charge in [0.05, 0.1) is 14.9 Å². The smallest absolute Gasteiger partial charge is 0.307 e. The fraction of sp³-hybridized carbons (Fsp3) is 0. The van der Waals surface area contributed by atoms with Crippen LogP contribution in [0.15, 0.2) is 34.2 Å². The Labute approximate surface area is 119 Å². The first kappa shape index (κ1) is 13.4. The van der Waals surface area contributed by atoms with E-state index < -0.39 is 11.0 Å². The predicted octanol–water partition coefficient (Wildman–Crippen LogP) is 3.46. The van der Waals surface area contributed by atoms with Crippen molar-refractivity contribution < 1.29 is 9.72 Å². The summed E-state index contributed by atoms with van der Waals surface area (Å²) in [6, 6.07) is 5.17. The fourth-order valence-electron chi connectivity index (χ4n) is 1.27. The zero-order chi connectivity index (χ0) is 13.8. The molecule has 0 radical (unpaired) electrons. The Morgan fingerprint density at radius 1 is 1.42 bits per heavy atom. The number of halogens is 1. The van der Waals surface area contributed by atoms with Gasteiger partial charge >= 0.3 is 6.03 Å². The normalized spacial score (nSPS) is 9.95. The maximum Gasteiger partial charge on any atom is 0.325 e. The number of nitrogens with one attached hydrogen (secondary N) is 2. The number of carbonyl (C=O) groups is 1. The third-order valence-electron chi connectivity index (χ3n) is 2.01. The van der Waals surface area contributed by atoms with Crippen LogP contribution in [0.25, 0.3) is 0 Å². The largest absolute Gasteiger partial charge is 0.325 e. The molecule has 0 bridgehead atoms. The quantitative estimate of drug-likeness (QED) is 0.659. The maximum atomic E-state index is 11.6. The van der Waals surface area contributed by atoms with Gasteiger partial charge in [0.25, 0.3) is 5.69 Å². The summed E-state index contributed by atoms with van der Waals surface area (Å²) in [7, 11) is 0. The number of nitro benzene ring substituents is 1. The van der Waals surface area contributed by atoms with E-state index in [9.17, 15) is 14.9 Å². The topological polar surface area (TPSA) is 97.2 Å². The molecule has 1 aromatic carbocycles. The van der Waals surface area contributed by atoms with Crippen LogP contribution < -0.4 is 10.6 Å². The number of carbonyl (C=O) groups excluding carboxylic acids is 1. The van der Waals surface area contributed by atoms with Crippen LogP contribution in [-0.4, -0.2) is 15.9 Å². The Morgan fingerprint density at radius 3 is 2.84 bits per heavy atom. The van der Waals surface area contributed by atoms with Crippen LogP contribution in [0.1, 0.15) is 0 Å². The lowest BCUT2D eigenvalue weighted by Gasteiger charge is -2.04.